The summed E-state index contributed by atoms with van der Waals surface area (Å²) in [6, 6.07) is 17.2. The fourth-order valence-electron chi connectivity index (χ4n) is 11.6. The molecule has 0 bridgehead atoms. The van der Waals surface area contributed by atoms with Gasteiger partial charge in [-0.05, 0) is 111 Å². The molecule has 2 saturated carbocycles. The van der Waals surface area contributed by atoms with E-state index in [0.717, 1.165) is 82.5 Å². The highest BCUT2D eigenvalue weighted by Gasteiger charge is 2.77. The van der Waals surface area contributed by atoms with Crippen LogP contribution in [0.5, 0.6) is 0 Å². The van der Waals surface area contributed by atoms with Gasteiger partial charge in [0.25, 0.3) is 0 Å². The lowest BCUT2D eigenvalue weighted by molar-refractivity contribution is -0.0241. The molecule has 6 heterocycles. The molecule has 2 aromatic heterocycles. The van der Waals surface area contributed by atoms with Crippen LogP contribution in [-0.2, 0) is 0 Å². The molecule has 8 unspecified atom stereocenters. The summed E-state index contributed by atoms with van der Waals surface area (Å²) in [6.45, 7) is 11.2. The van der Waals surface area contributed by atoms with Crippen molar-refractivity contribution in [1.82, 2.24) is 19.8 Å². The number of fused-ring (bicyclic) bond motifs is 2. The fourth-order valence-corrected chi connectivity index (χ4v) is 11.6. The number of aliphatic hydroxyl groups excluding tert-OH is 2. The van der Waals surface area contributed by atoms with Crippen molar-refractivity contribution in [2.45, 2.75) is 102 Å². The predicted octanol–water partition coefficient (Wildman–Crippen LogP) is 6.90. The molecule has 2 N–H and O–H groups in total. The lowest BCUT2D eigenvalue weighted by Crippen LogP contribution is -2.55. The van der Waals surface area contributed by atoms with Crippen LogP contribution in [0.1, 0.15) is 86.8 Å². The van der Waals surface area contributed by atoms with E-state index >= 15 is 0 Å². The number of hydrogen-bond acceptors (Lipinski definition) is 6. The van der Waals surface area contributed by atoms with E-state index in [9.17, 15) is 10.2 Å². The topological polar surface area (TPSA) is 72.7 Å². The second-order valence-corrected chi connectivity index (χ2v) is 15.4. The number of aryl methyl sites for hydroxylation is 2. The number of rotatable bonds is 6. The molecule has 10 rings (SSSR count). The van der Waals surface area contributed by atoms with Crippen LogP contribution in [0.4, 0.5) is 0 Å². The van der Waals surface area contributed by atoms with Crippen LogP contribution in [0.25, 0.3) is 21.8 Å². The Bertz CT molecular complexity index is 1710. The van der Waals surface area contributed by atoms with Gasteiger partial charge in [-0.3, -0.25) is 19.8 Å². The van der Waals surface area contributed by atoms with Crippen LogP contribution < -0.4 is 0 Å². The molecule has 4 aliphatic heterocycles. The summed E-state index contributed by atoms with van der Waals surface area (Å²) in [7, 11) is 0. The normalized spacial score (nSPS) is 36.4. The maximum Gasteiger partial charge on any atom is 0.0952 e. The van der Waals surface area contributed by atoms with Crippen molar-refractivity contribution in [2.75, 3.05) is 13.1 Å². The maximum absolute atomic E-state index is 11.2. The monoisotopic (exact) mass is 616 g/mol. The second-order valence-electron chi connectivity index (χ2n) is 15.4. The van der Waals surface area contributed by atoms with Crippen molar-refractivity contribution in [3.05, 3.63) is 83.2 Å². The number of hydrogen-bond donors (Lipinski definition) is 2. The van der Waals surface area contributed by atoms with Crippen molar-refractivity contribution in [3.63, 3.8) is 0 Å². The molecule has 2 aliphatic carbocycles. The van der Waals surface area contributed by atoms with Gasteiger partial charge in [0.2, 0.25) is 0 Å². The zero-order valence-electron chi connectivity index (χ0n) is 27.7. The zero-order valence-corrected chi connectivity index (χ0v) is 27.7. The van der Waals surface area contributed by atoms with Gasteiger partial charge in [0, 0.05) is 59.4 Å². The van der Waals surface area contributed by atoms with Gasteiger partial charge < -0.3 is 10.2 Å². The summed E-state index contributed by atoms with van der Waals surface area (Å²) in [6.07, 6.45) is 10.5. The van der Waals surface area contributed by atoms with E-state index in [4.69, 9.17) is 0 Å². The lowest BCUT2D eigenvalue weighted by Gasteiger charge is -2.46. The van der Waals surface area contributed by atoms with E-state index in [1.807, 2.05) is 24.5 Å². The molecule has 0 radical (unpaired) electrons. The molecule has 2 spiro atoms. The van der Waals surface area contributed by atoms with Gasteiger partial charge in [-0.15, -0.1) is 0 Å². The molecule has 10 atom stereocenters. The molecule has 6 nitrogen and oxygen atoms in total. The number of aromatic nitrogens is 2. The summed E-state index contributed by atoms with van der Waals surface area (Å²) in [5.74, 6) is 3.43. The van der Waals surface area contributed by atoms with E-state index in [0.29, 0.717) is 23.2 Å². The highest BCUT2D eigenvalue weighted by molar-refractivity contribution is 5.84. The minimum atomic E-state index is -0.398. The second kappa shape index (κ2) is 10.3. The summed E-state index contributed by atoms with van der Waals surface area (Å²) < 4.78 is 0. The van der Waals surface area contributed by atoms with Crippen LogP contribution in [0.3, 0.4) is 0 Å². The first-order valence-corrected chi connectivity index (χ1v) is 17.9. The van der Waals surface area contributed by atoms with Gasteiger partial charge in [0.05, 0.1) is 23.2 Å². The zero-order chi connectivity index (χ0) is 31.5. The standard InChI is InChI=1S/2C20H24N2O/c2*1-3-15-16-11-18(22-9-7-20(15,16)22)19(23)13-6-8-21-17-5-4-12(2)10-14(13)17/h2*4-6,8,10,15-16,18-19,23H,3,7,9,11H2,1-2H3/t2*15?,16?,18-,19?,20?/m10/s1. The number of aliphatic hydroxyl groups is 2. The van der Waals surface area contributed by atoms with Gasteiger partial charge in [0.15, 0.2) is 0 Å². The van der Waals surface area contributed by atoms with Crippen LogP contribution >= 0.6 is 0 Å². The van der Waals surface area contributed by atoms with Crippen molar-refractivity contribution >= 4 is 21.8 Å². The Morgan fingerprint density at radius 1 is 0.696 bits per heavy atom. The Labute approximate surface area is 272 Å². The van der Waals surface area contributed by atoms with Gasteiger partial charge in [0.1, 0.15) is 0 Å². The van der Waals surface area contributed by atoms with E-state index < -0.39 is 12.2 Å². The highest BCUT2D eigenvalue weighted by Crippen LogP contribution is 2.72. The van der Waals surface area contributed by atoms with Crippen molar-refractivity contribution in [3.8, 4) is 0 Å². The Morgan fingerprint density at radius 2 is 1.13 bits per heavy atom. The van der Waals surface area contributed by atoms with Gasteiger partial charge in [-0.1, -0.05) is 49.9 Å². The molecule has 46 heavy (non-hydrogen) atoms. The predicted molar refractivity (Wildman–Crippen MR) is 182 cm³/mol. The SMILES string of the molecule is CCC1C2C[C@@H](C(O)c3ccnc4ccc(C)cc34)N3CCC123.CCC1C2C[C@H](C(O)c3ccnc4ccc(C)cc34)N3CCC123. The van der Waals surface area contributed by atoms with E-state index in [-0.39, 0.29) is 0 Å². The van der Waals surface area contributed by atoms with Crippen molar-refractivity contribution < 1.29 is 10.2 Å². The summed E-state index contributed by atoms with van der Waals surface area (Å²) >= 11 is 0. The number of pyridine rings is 2. The average Bonchev–Trinajstić information content (AvgIpc) is 3.87. The van der Waals surface area contributed by atoms with Crippen LogP contribution in [0.15, 0.2) is 60.9 Å². The molecule has 240 valence electrons. The molecule has 4 saturated heterocycles. The molecular formula is C40H48N4O2. The Morgan fingerprint density at radius 3 is 1.48 bits per heavy atom. The Hall–Kier alpha value is -2.90. The highest BCUT2D eigenvalue weighted by atomic mass is 16.3. The summed E-state index contributed by atoms with van der Waals surface area (Å²) in [4.78, 5) is 14.2. The molecular weight excluding hydrogens is 568 g/mol. The molecule has 0 amide bonds. The van der Waals surface area contributed by atoms with Gasteiger partial charge in [-0.2, -0.15) is 0 Å². The lowest BCUT2D eigenvalue weighted by atomic mass is 9.90. The average molecular weight is 617 g/mol. The third-order valence-electron chi connectivity index (χ3n) is 13.8. The van der Waals surface area contributed by atoms with Crippen LogP contribution in [-0.4, -0.2) is 66.2 Å². The fraction of sp³-hybridized carbons (Fsp3) is 0.550. The largest absolute Gasteiger partial charge is 0.387 e. The maximum atomic E-state index is 11.2. The molecule has 6 aliphatic rings. The molecule has 2 aromatic carbocycles. The summed E-state index contributed by atoms with van der Waals surface area (Å²) in [5, 5.41) is 24.5. The smallest absolute Gasteiger partial charge is 0.0952 e. The number of piperidine rings is 2. The van der Waals surface area contributed by atoms with E-state index in [1.54, 1.807) is 0 Å². The third-order valence-corrected chi connectivity index (χ3v) is 13.8. The molecule has 6 heteroatoms. The van der Waals surface area contributed by atoms with Crippen LogP contribution in [0, 0.1) is 37.5 Å². The first-order valence-electron chi connectivity index (χ1n) is 17.9. The minimum Gasteiger partial charge on any atom is -0.387 e. The Balaban J connectivity index is 0.000000127. The van der Waals surface area contributed by atoms with Gasteiger partial charge in [-0.25, -0.2) is 0 Å². The third kappa shape index (κ3) is 3.85. The summed E-state index contributed by atoms with van der Waals surface area (Å²) in [5.41, 5.74) is 7.47. The number of benzene rings is 2. The minimum absolute atomic E-state index is 0.294. The number of nitrogens with zero attached hydrogens (tertiary/aromatic N) is 4. The quantitative estimate of drug-likeness (QED) is 0.246. The first-order chi connectivity index (χ1) is 22.3. The van der Waals surface area contributed by atoms with Crippen LogP contribution in [0.2, 0.25) is 0 Å². The molecule has 4 aromatic rings. The van der Waals surface area contributed by atoms with E-state index in [2.05, 4.69) is 83.9 Å². The van der Waals surface area contributed by atoms with Crippen molar-refractivity contribution in [2.24, 2.45) is 23.7 Å². The van der Waals surface area contributed by atoms with Crippen molar-refractivity contribution in [1.29, 1.82) is 0 Å². The first kappa shape index (κ1) is 29.3. The van der Waals surface area contributed by atoms with E-state index in [1.165, 1.54) is 36.8 Å². The molecule has 6 fully saturated rings. The van der Waals surface area contributed by atoms with Gasteiger partial charge >= 0.3 is 0 Å². The Kier molecular flexibility index (Phi) is 6.55.